The van der Waals surface area contributed by atoms with E-state index in [4.69, 9.17) is 4.42 Å². The standard InChI is InChI=1S/C20H12IN3O4/c21-15-7-3-1-5-13(15)19(25)22-16-8-4-2-6-14(16)20-23-17-10-9-12(24(26)27)11-18(17)28-20/h1-11H,(H,22,25). The molecule has 0 saturated carbocycles. The predicted molar refractivity (Wildman–Crippen MR) is 113 cm³/mol. The average molecular weight is 485 g/mol. The van der Waals surface area contributed by atoms with E-state index in [1.165, 1.54) is 18.2 Å². The maximum atomic E-state index is 12.7. The van der Waals surface area contributed by atoms with Crippen molar-refractivity contribution in [3.05, 3.63) is 86.0 Å². The van der Waals surface area contributed by atoms with Gasteiger partial charge in [-0.2, -0.15) is 0 Å². The Bertz CT molecular complexity index is 1220. The lowest BCUT2D eigenvalue weighted by atomic mass is 10.1. The third-order valence-corrected chi connectivity index (χ3v) is 5.05. The molecule has 138 valence electrons. The number of benzene rings is 3. The quantitative estimate of drug-likeness (QED) is 0.242. The molecule has 0 unspecified atom stereocenters. The number of oxazole rings is 1. The van der Waals surface area contributed by atoms with E-state index in [1.54, 1.807) is 36.4 Å². The van der Waals surface area contributed by atoms with Gasteiger partial charge >= 0.3 is 0 Å². The van der Waals surface area contributed by atoms with Gasteiger partial charge in [-0.05, 0) is 52.9 Å². The summed E-state index contributed by atoms with van der Waals surface area (Å²) in [6.45, 7) is 0. The second-order valence-electron chi connectivity index (χ2n) is 5.91. The molecule has 0 atom stereocenters. The molecule has 3 aromatic carbocycles. The first-order chi connectivity index (χ1) is 13.5. The fourth-order valence-corrected chi connectivity index (χ4v) is 3.39. The van der Waals surface area contributed by atoms with Crippen molar-refractivity contribution in [3.63, 3.8) is 0 Å². The summed E-state index contributed by atoms with van der Waals surface area (Å²) in [7, 11) is 0. The summed E-state index contributed by atoms with van der Waals surface area (Å²) >= 11 is 2.11. The summed E-state index contributed by atoms with van der Waals surface area (Å²) in [5.41, 5.74) is 2.41. The zero-order valence-corrected chi connectivity index (χ0v) is 16.4. The number of hydrogen-bond acceptors (Lipinski definition) is 5. The summed E-state index contributed by atoms with van der Waals surface area (Å²) in [6.07, 6.45) is 0. The van der Waals surface area contributed by atoms with Crippen molar-refractivity contribution in [2.24, 2.45) is 0 Å². The van der Waals surface area contributed by atoms with E-state index in [0.29, 0.717) is 27.9 Å². The van der Waals surface area contributed by atoms with Gasteiger partial charge in [0.05, 0.1) is 27.8 Å². The van der Waals surface area contributed by atoms with Gasteiger partial charge in [-0.1, -0.05) is 24.3 Å². The Kier molecular flexibility index (Phi) is 4.78. The molecular weight excluding hydrogens is 473 g/mol. The summed E-state index contributed by atoms with van der Waals surface area (Å²) in [4.78, 5) is 27.5. The predicted octanol–water partition coefficient (Wildman–Crippen LogP) is 5.26. The van der Waals surface area contributed by atoms with Crippen LogP contribution in [0.5, 0.6) is 0 Å². The molecule has 0 aliphatic rings. The summed E-state index contributed by atoms with van der Waals surface area (Å²) in [5.74, 6) is 0.0263. The second kappa shape index (κ2) is 7.39. The van der Waals surface area contributed by atoms with Gasteiger partial charge in [-0.25, -0.2) is 4.98 Å². The molecule has 1 heterocycles. The smallest absolute Gasteiger partial charge is 0.273 e. The molecule has 1 amide bonds. The summed E-state index contributed by atoms with van der Waals surface area (Å²) < 4.78 is 6.57. The number of nitrogens with one attached hydrogen (secondary N) is 1. The van der Waals surface area contributed by atoms with Gasteiger partial charge in [-0.15, -0.1) is 0 Å². The van der Waals surface area contributed by atoms with Crippen LogP contribution in [0, 0.1) is 13.7 Å². The lowest BCUT2D eigenvalue weighted by Gasteiger charge is -2.09. The number of fused-ring (bicyclic) bond motifs is 1. The van der Waals surface area contributed by atoms with Crippen LogP contribution < -0.4 is 5.32 Å². The van der Waals surface area contributed by atoms with Gasteiger partial charge in [0.25, 0.3) is 11.6 Å². The number of carbonyl (C=O) groups is 1. The molecule has 0 aliphatic carbocycles. The van der Waals surface area contributed by atoms with E-state index in [1.807, 2.05) is 12.1 Å². The van der Waals surface area contributed by atoms with Gasteiger partial charge in [0, 0.05) is 9.64 Å². The Labute approximate surface area is 172 Å². The molecule has 1 aromatic heterocycles. The second-order valence-corrected chi connectivity index (χ2v) is 7.07. The normalized spacial score (nSPS) is 10.8. The van der Waals surface area contributed by atoms with Gasteiger partial charge in [0.2, 0.25) is 5.89 Å². The van der Waals surface area contributed by atoms with E-state index in [0.717, 1.165) is 3.57 Å². The number of halogens is 1. The molecule has 0 radical (unpaired) electrons. The lowest BCUT2D eigenvalue weighted by Crippen LogP contribution is -2.14. The van der Waals surface area contributed by atoms with Crippen molar-refractivity contribution in [1.29, 1.82) is 0 Å². The van der Waals surface area contributed by atoms with Crippen molar-refractivity contribution in [1.82, 2.24) is 4.98 Å². The van der Waals surface area contributed by atoms with Crippen LogP contribution in [0.15, 0.2) is 71.1 Å². The fraction of sp³-hybridized carbons (Fsp3) is 0. The number of nitro groups is 1. The number of nitro benzene ring substituents is 1. The number of rotatable bonds is 4. The first kappa shape index (κ1) is 18.1. The minimum atomic E-state index is -0.489. The van der Waals surface area contributed by atoms with Crippen molar-refractivity contribution in [2.45, 2.75) is 0 Å². The van der Waals surface area contributed by atoms with Crippen molar-refractivity contribution in [3.8, 4) is 11.5 Å². The number of hydrogen-bond donors (Lipinski definition) is 1. The van der Waals surface area contributed by atoms with Crippen LogP contribution >= 0.6 is 22.6 Å². The maximum absolute atomic E-state index is 12.7. The Hall–Kier alpha value is -3.27. The van der Waals surface area contributed by atoms with Gasteiger partial charge in [0.15, 0.2) is 5.58 Å². The molecular formula is C20H12IN3O4. The third-order valence-electron chi connectivity index (χ3n) is 4.11. The fourth-order valence-electron chi connectivity index (χ4n) is 2.76. The Morgan fingerprint density at radius 2 is 1.82 bits per heavy atom. The maximum Gasteiger partial charge on any atom is 0.273 e. The van der Waals surface area contributed by atoms with E-state index in [9.17, 15) is 14.9 Å². The minimum Gasteiger partial charge on any atom is -0.436 e. The van der Waals surface area contributed by atoms with Crippen molar-refractivity contribution >= 4 is 51.0 Å². The van der Waals surface area contributed by atoms with Crippen LogP contribution in [-0.2, 0) is 0 Å². The lowest BCUT2D eigenvalue weighted by molar-refractivity contribution is -0.384. The molecule has 0 saturated heterocycles. The number of anilines is 1. The summed E-state index contributed by atoms with van der Waals surface area (Å²) in [5, 5.41) is 13.8. The average Bonchev–Trinajstić information content (AvgIpc) is 3.11. The van der Waals surface area contributed by atoms with E-state index in [-0.39, 0.29) is 17.5 Å². The Morgan fingerprint density at radius 3 is 2.61 bits per heavy atom. The first-order valence-electron chi connectivity index (χ1n) is 8.23. The van der Waals surface area contributed by atoms with E-state index in [2.05, 4.69) is 32.9 Å². The van der Waals surface area contributed by atoms with Gasteiger partial charge in [-0.3, -0.25) is 14.9 Å². The molecule has 8 heteroatoms. The van der Waals surface area contributed by atoms with E-state index >= 15 is 0 Å². The molecule has 0 fully saturated rings. The SMILES string of the molecule is O=C(Nc1ccccc1-c1nc2ccc([N+](=O)[O-])cc2o1)c1ccccc1I. The Morgan fingerprint density at radius 1 is 1.07 bits per heavy atom. The van der Waals surface area contributed by atoms with Crippen molar-refractivity contribution < 1.29 is 14.1 Å². The van der Waals surface area contributed by atoms with E-state index < -0.39 is 4.92 Å². The number of nitrogens with zero attached hydrogens (tertiary/aromatic N) is 2. The molecule has 4 aromatic rings. The van der Waals surface area contributed by atoms with Crippen LogP contribution in [-0.4, -0.2) is 15.8 Å². The molecule has 0 spiro atoms. The highest BCUT2D eigenvalue weighted by Crippen LogP contribution is 2.31. The van der Waals surface area contributed by atoms with Crippen LogP contribution in [0.3, 0.4) is 0 Å². The number of aromatic nitrogens is 1. The summed E-state index contributed by atoms with van der Waals surface area (Å²) in [6, 6.07) is 18.6. The van der Waals surface area contributed by atoms with Crippen LogP contribution in [0.4, 0.5) is 11.4 Å². The number of para-hydroxylation sites is 1. The first-order valence-corrected chi connectivity index (χ1v) is 9.31. The molecule has 4 rings (SSSR count). The number of non-ortho nitro benzene ring substituents is 1. The number of carbonyl (C=O) groups excluding carboxylic acids is 1. The van der Waals surface area contributed by atoms with Crippen LogP contribution in [0.25, 0.3) is 22.6 Å². The van der Waals surface area contributed by atoms with Gasteiger partial charge in [0.1, 0.15) is 5.52 Å². The molecule has 0 bridgehead atoms. The highest BCUT2D eigenvalue weighted by molar-refractivity contribution is 14.1. The van der Waals surface area contributed by atoms with Crippen LogP contribution in [0.1, 0.15) is 10.4 Å². The molecule has 28 heavy (non-hydrogen) atoms. The Balaban J connectivity index is 1.72. The zero-order chi connectivity index (χ0) is 19.7. The van der Waals surface area contributed by atoms with Crippen molar-refractivity contribution in [2.75, 3.05) is 5.32 Å². The highest BCUT2D eigenvalue weighted by Gasteiger charge is 2.17. The highest BCUT2D eigenvalue weighted by atomic mass is 127. The van der Waals surface area contributed by atoms with Crippen LogP contribution in [0.2, 0.25) is 0 Å². The largest absolute Gasteiger partial charge is 0.436 e. The molecule has 1 N–H and O–H groups in total. The number of amides is 1. The molecule has 7 nitrogen and oxygen atoms in total. The minimum absolute atomic E-state index is 0.0737. The monoisotopic (exact) mass is 485 g/mol. The third kappa shape index (κ3) is 3.46. The topological polar surface area (TPSA) is 98.3 Å². The molecule has 0 aliphatic heterocycles. The zero-order valence-electron chi connectivity index (χ0n) is 14.3. The van der Waals surface area contributed by atoms with Gasteiger partial charge < -0.3 is 9.73 Å².